The lowest BCUT2D eigenvalue weighted by molar-refractivity contribution is -0.122. The Kier molecular flexibility index (Phi) is 7.66. The van der Waals surface area contributed by atoms with Crippen molar-refractivity contribution in [3.63, 3.8) is 0 Å². The molecule has 1 fully saturated rings. The number of thioether (sulfide) groups is 1. The monoisotopic (exact) mass is 444 g/mol. The van der Waals surface area contributed by atoms with Crippen molar-refractivity contribution in [1.82, 2.24) is 14.3 Å². The highest BCUT2D eigenvalue weighted by Crippen LogP contribution is 2.33. The first-order valence-electron chi connectivity index (χ1n) is 10.5. The number of unbranched alkanes of at least 4 members (excludes halogenated alkanes) is 1. The molecule has 0 atom stereocenters. The van der Waals surface area contributed by atoms with Gasteiger partial charge in [-0.25, -0.2) is 4.98 Å². The van der Waals surface area contributed by atoms with E-state index in [1.807, 2.05) is 12.1 Å². The maximum absolute atomic E-state index is 13.4. The average Bonchev–Trinajstić information content (AvgIpc) is 3.01. The largest absolute Gasteiger partial charge is 0.356 e. The molecule has 3 heterocycles. The Morgan fingerprint density at radius 3 is 2.53 bits per heavy atom. The number of carbonyl (C=O) groups is 1. The summed E-state index contributed by atoms with van der Waals surface area (Å²) in [6, 6.07) is 5.50. The van der Waals surface area contributed by atoms with Crippen molar-refractivity contribution in [3.8, 4) is 0 Å². The number of anilines is 1. The van der Waals surface area contributed by atoms with Gasteiger partial charge >= 0.3 is 0 Å². The van der Waals surface area contributed by atoms with Crippen LogP contribution in [0, 0.1) is 0 Å². The van der Waals surface area contributed by atoms with E-state index in [-0.39, 0.29) is 11.5 Å². The molecule has 0 aromatic carbocycles. The van der Waals surface area contributed by atoms with E-state index >= 15 is 0 Å². The normalized spacial score (nSPS) is 15.6. The second-order valence-electron chi connectivity index (χ2n) is 7.26. The van der Waals surface area contributed by atoms with Crippen LogP contribution >= 0.6 is 24.0 Å². The third-order valence-electron chi connectivity index (χ3n) is 4.92. The fraction of sp³-hybridized carbons (Fsp3) is 0.455. The molecule has 0 aliphatic carbocycles. The molecule has 1 amide bonds. The number of amides is 1. The maximum atomic E-state index is 13.4. The minimum absolute atomic E-state index is 0.125. The molecule has 2 aromatic heterocycles. The van der Waals surface area contributed by atoms with Crippen molar-refractivity contribution in [2.75, 3.05) is 24.5 Å². The fourth-order valence-corrected chi connectivity index (χ4v) is 4.75. The Morgan fingerprint density at radius 2 is 1.87 bits per heavy atom. The van der Waals surface area contributed by atoms with Gasteiger partial charge in [0.1, 0.15) is 15.8 Å². The smallest absolute Gasteiger partial charge is 0.267 e. The Morgan fingerprint density at radius 1 is 1.13 bits per heavy atom. The first-order valence-corrected chi connectivity index (χ1v) is 11.8. The van der Waals surface area contributed by atoms with Gasteiger partial charge in [-0.05, 0) is 37.5 Å². The van der Waals surface area contributed by atoms with Crippen LogP contribution in [0.1, 0.15) is 52.0 Å². The van der Waals surface area contributed by atoms with Crippen molar-refractivity contribution < 1.29 is 4.79 Å². The molecule has 0 bridgehead atoms. The van der Waals surface area contributed by atoms with Crippen LogP contribution in [0.4, 0.5) is 5.82 Å². The molecule has 1 aliphatic heterocycles. The summed E-state index contributed by atoms with van der Waals surface area (Å²) in [4.78, 5) is 35.4. The number of carbonyl (C=O) groups excluding carboxylic acids is 1. The second-order valence-corrected chi connectivity index (χ2v) is 8.93. The van der Waals surface area contributed by atoms with Gasteiger partial charge in [0.2, 0.25) is 0 Å². The molecule has 1 aliphatic rings. The van der Waals surface area contributed by atoms with Crippen LogP contribution in [0.3, 0.4) is 0 Å². The number of thiocarbonyl (C=S) groups is 1. The number of pyridine rings is 1. The summed E-state index contributed by atoms with van der Waals surface area (Å²) in [5.74, 6) is 0.508. The van der Waals surface area contributed by atoms with E-state index < -0.39 is 0 Å². The highest BCUT2D eigenvalue weighted by atomic mass is 32.2. The van der Waals surface area contributed by atoms with Crippen molar-refractivity contribution in [3.05, 3.63) is 45.2 Å². The van der Waals surface area contributed by atoms with Crippen molar-refractivity contribution in [2.45, 2.75) is 46.5 Å². The molecule has 0 N–H and O–H groups in total. The molecule has 8 heteroatoms. The van der Waals surface area contributed by atoms with E-state index in [1.54, 1.807) is 23.2 Å². The summed E-state index contributed by atoms with van der Waals surface area (Å²) in [6.07, 6.45) is 7.16. The minimum atomic E-state index is -0.174. The summed E-state index contributed by atoms with van der Waals surface area (Å²) in [5.41, 5.74) is 0.866. The standard InChI is InChI=1S/C22H28N4O2S2/c1-4-7-13-26-21(28)17(30-22(26)29)15-16-19(24(11-5-2)12-6-3)23-18-10-8-9-14-25(18)20(16)27/h8-10,14-15H,4-7,11-13H2,1-3H3/b17-15-. The molecular weight excluding hydrogens is 416 g/mol. The van der Waals surface area contributed by atoms with E-state index in [1.165, 1.54) is 16.2 Å². The van der Waals surface area contributed by atoms with Gasteiger partial charge in [0.15, 0.2) is 0 Å². The van der Waals surface area contributed by atoms with Crippen LogP contribution in [0.15, 0.2) is 34.1 Å². The van der Waals surface area contributed by atoms with E-state index in [9.17, 15) is 9.59 Å². The first kappa shape index (κ1) is 22.5. The average molecular weight is 445 g/mol. The molecule has 0 radical (unpaired) electrons. The van der Waals surface area contributed by atoms with E-state index in [2.05, 4.69) is 25.7 Å². The van der Waals surface area contributed by atoms with Gasteiger partial charge in [-0.2, -0.15) is 0 Å². The van der Waals surface area contributed by atoms with Crippen LogP contribution in [0.25, 0.3) is 11.7 Å². The quantitative estimate of drug-likeness (QED) is 0.424. The zero-order chi connectivity index (χ0) is 21.7. The van der Waals surface area contributed by atoms with E-state index in [4.69, 9.17) is 17.2 Å². The topological polar surface area (TPSA) is 57.9 Å². The third kappa shape index (κ3) is 4.59. The number of fused-ring (bicyclic) bond motifs is 1. The highest BCUT2D eigenvalue weighted by Gasteiger charge is 2.32. The molecule has 1 saturated heterocycles. The van der Waals surface area contributed by atoms with E-state index in [0.717, 1.165) is 38.8 Å². The maximum Gasteiger partial charge on any atom is 0.267 e. The predicted molar refractivity (Wildman–Crippen MR) is 129 cm³/mol. The van der Waals surface area contributed by atoms with Gasteiger partial charge in [0.05, 0.1) is 10.5 Å². The Balaban J connectivity index is 2.14. The summed E-state index contributed by atoms with van der Waals surface area (Å²) in [5, 5.41) is 0. The molecule has 160 valence electrons. The first-order chi connectivity index (χ1) is 14.5. The van der Waals surface area contributed by atoms with Crippen molar-refractivity contribution >= 4 is 51.7 Å². The van der Waals surface area contributed by atoms with Crippen molar-refractivity contribution in [2.24, 2.45) is 0 Å². The Hall–Kier alpha value is -2.19. The molecule has 3 rings (SSSR count). The molecule has 30 heavy (non-hydrogen) atoms. The van der Waals surface area contributed by atoms with Gasteiger partial charge in [-0.3, -0.25) is 18.9 Å². The van der Waals surface area contributed by atoms with Crippen molar-refractivity contribution in [1.29, 1.82) is 0 Å². The van der Waals surface area contributed by atoms with Crippen LogP contribution in [0.2, 0.25) is 0 Å². The highest BCUT2D eigenvalue weighted by molar-refractivity contribution is 8.26. The molecule has 0 spiro atoms. The predicted octanol–water partition coefficient (Wildman–Crippen LogP) is 4.32. The Labute approximate surface area is 187 Å². The summed E-state index contributed by atoms with van der Waals surface area (Å²) in [7, 11) is 0. The lowest BCUT2D eigenvalue weighted by Crippen LogP contribution is -2.31. The summed E-state index contributed by atoms with van der Waals surface area (Å²) < 4.78 is 2.08. The number of hydrogen-bond acceptors (Lipinski definition) is 6. The molecule has 0 saturated carbocycles. The van der Waals surface area contributed by atoms with Crippen LogP contribution in [0.5, 0.6) is 0 Å². The van der Waals surface area contributed by atoms with Gasteiger partial charge in [-0.1, -0.05) is 57.2 Å². The zero-order valence-corrected chi connectivity index (χ0v) is 19.4. The van der Waals surface area contributed by atoms with E-state index in [0.29, 0.717) is 32.8 Å². The van der Waals surface area contributed by atoms with Crippen LogP contribution in [-0.2, 0) is 4.79 Å². The van der Waals surface area contributed by atoms with Gasteiger partial charge in [0, 0.05) is 25.8 Å². The molecule has 6 nitrogen and oxygen atoms in total. The second kappa shape index (κ2) is 10.2. The SMILES string of the molecule is CCCCN1C(=O)/C(=C/c2c(N(CCC)CCC)nc3ccccn3c2=O)SC1=S. The van der Waals surface area contributed by atoms with Gasteiger partial charge < -0.3 is 4.90 Å². The third-order valence-corrected chi connectivity index (χ3v) is 6.30. The summed E-state index contributed by atoms with van der Waals surface area (Å²) in [6.45, 7) is 8.49. The van der Waals surface area contributed by atoms with Gasteiger partial charge in [0.25, 0.3) is 11.5 Å². The number of nitrogens with zero attached hydrogens (tertiary/aromatic N) is 4. The zero-order valence-electron chi connectivity index (χ0n) is 17.8. The number of aromatic nitrogens is 2. The summed E-state index contributed by atoms with van der Waals surface area (Å²) >= 11 is 6.68. The lowest BCUT2D eigenvalue weighted by atomic mass is 10.2. The fourth-order valence-electron chi connectivity index (χ4n) is 3.46. The number of hydrogen-bond donors (Lipinski definition) is 0. The van der Waals surface area contributed by atoms with Crippen LogP contribution < -0.4 is 10.5 Å². The Bertz CT molecular complexity index is 1030. The van der Waals surface area contributed by atoms with Gasteiger partial charge in [-0.15, -0.1) is 0 Å². The molecular formula is C22H28N4O2S2. The molecule has 2 aromatic rings. The number of rotatable bonds is 9. The molecule has 0 unspecified atom stereocenters. The minimum Gasteiger partial charge on any atom is -0.356 e. The lowest BCUT2D eigenvalue weighted by Gasteiger charge is -2.24. The van der Waals surface area contributed by atoms with Crippen LogP contribution in [-0.4, -0.2) is 44.1 Å².